The Morgan fingerprint density at radius 1 is 0.553 bits per heavy atom. The Morgan fingerprint density at radius 3 is 1.68 bits per heavy atom. The number of hydrogen-bond donors (Lipinski definition) is 0. The van der Waals surface area contributed by atoms with Crippen molar-refractivity contribution < 1.29 is 9.47 Å². The van der Waals surface area contributed by atoms with Crippen molar-refractivity contribution in [2.75, 3.05) is 0 Å². The molecule has 38 heavy (non-hydrogen) atoms. The van der Waals surface area contributed by atoms with Crippen molar-refractivity contribution in [2.45, 2.75) is 26.1 Å². The van der Waals surface area contributed by atoms with E-state index in [4.69, 9.17) is 55.9 Å². The van der Waals surface area contributed by atoms with Crippen molar-refractivity contribution in [3.63, 3.8) is 0 Å². The molecule has 0 bridgehead atoms. The highest BCUT2D eigenvalue weighted by atomic mass is 35.5. The van der Waals surface area contributed by atoms with Gasteiger partial charge in [-0.15, -0.1) is 13.2 Å². The SMILES string of the molecule is C=CCc1ccc(OCc2ccc(Cl)c(Cl)c2)c(-c2ccc(OCc3ccc(Cl)c(Cl)c3)c(CC=C)c2)c1. The van der Waals surface area contributed by atoms with Crippen LogP contribution < -0.4 is 9.47 Å². The molecule has 194 valence electrons. The highest BCUT2D eigenvalue weighted by molar-refractivity contribution is 6.42. The van der Waals surface area contributed by atoms with Gasteiger partial charge in [-0.3, -0.25) is 0 Å². The zero-order valence-corrected chi connectivity index (χ0v) is 23.7. The summed E-state index contributed by atoms with van der Waals surface area (Å²) >= 11 is 24.5. The van der Waals surface area contributed by atoms with E-state index in [9.17, 15) is 0 Å². The molecule has 4 rings (SSSR count). The summed E-state index contributed by atoms with van der Waals surface area (Å²) in [6.07, 6.45) is 5.15. The van der Waals surface area contributed by atoms with Gasteiger partial charge in [0.15, 0.2) is 0 Å². The van der Waals surface area contributed by atoms with Gasteiger partial charge < -0.3 is 9.47 Å². The van der Waals surface area contributed by atoms with Gasteiger partial charge in [0.1, 0.15) is 24.7 Å². The van der Waals surface area contributed by atoms with Gasteiger partial charge in [-0.1, -0.05) is 82.8 Å². The minimum atomic E-state index is 0.356. The summed E-state index contributed by atoms with van der Waals surface area (Å²) in [5, 5.41) is 2.03. The molecule has 4 aromatic rings. The number of benzene rings is 4. The summed E-state index contributed by atoms with van der Waals surface area (Å²) < 4.78 is 12.4. The Kier molecular flexibility index (Phi) is 9.82. The minimum Gasteiger partial charge on any atom is -0.489 e. The predicted molar refractivity (Wildman–Crippen MR) is 161 cm³/mol. The van der Waals surface area contributed by atoms with Crippen LogP contribution in [0, 0.1) is 0 Å². The molecule has 0 atom stereocenters. The Hall–Kier alpha value is -2.88. The number of hydrogen-bond acceptors (Lipinski definition) is 2. The van der Waals surface area contributed by atoms with E-state index in [0.29, 0.717) is 39.7 Å². The maximum absolute atomic E-state index is 6.26. The maximum atomic E-state index is 6.26. The molecule has 0 aliphatic carbocycles. The summed E-state index contributed by atoms with van der Waals surface area (Å²) in [7, 11) is 0. The fourth-order valence-electron chi connectivity index (χ4n) is 4.01. The highest BCUT2D eigenvalue weighted by Gasteiger charge is 2.13. The molecule has 6 heteroatoms. The molecule has 0 radical (unpaired) electrons. The fraction of sp³-hybridized carbons (Fsp3) is 0.125. The monoisotopic (exact) mass is 582 g/mol. The lowest BCUT2D eigenvalue weighted by Crippen LogP contribution is -2.00. The van der Waals surface area contributed by atoms with Crippen molar-refractivity contribution in [1.82, 2.24) is 0 Å². The second-order valence-electron chi connectivity index (χ2n) is 8.71. The van der Waals surface area contributed by atoms with Gasteiger partial charge in [-0.2, -0.15) is 0 Å². The Balaban J connectivity index is 1.63. The quantitative estimate of drug-likeness (QED) is 0.163. The van der Waals surface area contributed by atoms with Crippen molar-refractivity contribution in [3.8, 4) is 22.6 Å². The first-order valence-corrected chi connectivity index (χ1v) is 13.5. The third-order valence-electron chi connectivity index (χ3n) is 5.92. The maximum Gasteiger partial charge on any atom is 0.127 e. The molecule has 4 aromatic carbocycles. The van der Waals surface area contributed by atoms with Crippen LogP contribution in [-0.4, -0.2) is 0 Å². The van der Waals surface area contributed by atoms with Crippen LogP contribution in [0.5, 0.6) is 11.5 Å². The van der Waals surface area contributed by atoms with Gasteiger partial charge in [0.05, 0.1) is 20.1 Å². The average molecular weight is 584 g/mol. The topological polar surface area (TPSA) is 18.5 Å². The Labute approximate surface area is 244 Å². The number of halogens is 4. The van der Waals surface area contributed by atoms with Crippen LogP contribution in [0.1, 0.15) is 22.3 Å². The van der Waals surface area contributed by atoms with Gasteiger partial charge in [-0.05, 0) is 89.2 Å². The van der Waals surface area contributed by atoms with Crippen LogP contribution in [0.3, 0.4) is 0 Å². The van der Waals surface area contributed by atoms with Crippen LogP contribution in [0.25, 0.3) is 11.1 Å². The van der Waals surface area contributed by atoms with Gasteiger partial charge in [0, 0.05) is 5.56 Å². The van der Waals surface area contributed by atoms with E-state index in [1.165, 1.54) is 0 Å². The summed E-state index contributed by atoms with van der Waals surface area (Å²) in [5.41, 5.74) is 6.01. The van der Waals surface area contributed by atoms with Crippen molar-refractivity contribution >= 4 is 46.4 Å². The summed E-state index contributed by atoms with van der Waals surface area (Å²) in [4.78, 5) is 0. The van der Waals surface area contributed by atoms with E-state index in [1.54, 1.807) is 12.1 Å². The molecular formula is C32H26Cl4O2. The van der Waals surface area contributed by atoms with E-state index in [1.807, 2.05) is 54.6 Å². The molecule has 0 N–H and O–H groups in total. The molecule has 0 saturated carbocycles. The molecule has 0 saturated heterocycles. The predicted octanol–water partition coefficient (Wildman–Crippen LogP) is 10.6. The molecule has 0 unspecified atom stereocenters. The second-order valence-corrected chi connectivity index (χ2v) is 10.3. The standard InChI is InChI=1S/C32H26Cl4O2/c1-3-5-21-9-13-32(38-20-23-8-12-28(34)30(36)17-23)26(15-21)24-10-14-31(25(18-24)6-4-2)37-19-22-7-11-27(33)29(35)16-22/h3-4,7-18H,1-2,5-6,19-20H2. The molecule has 2 nitrogen and oxygen atoms in total. The van der Waals surface area contributed by atoms with E-state index < -0.39 is 0 Å². The summed E-state index contributed by atoms with van der Waals surface area (Å²) in [5.74, 6) is 1.54. The molecule has 0 aromatic heterocycles. The highest BCUT2D eigenvalue weighted by Crippen LogP contribution is 2.36. The third-order valence-corrected chi connectivity index (χ3v) is 7.39. The second kappa shape index (κ2) is 13.3. The first-order chi connectivity index (χ1) is 18.4. The molecule has 0 heterocycles. The summed E-state index contributed by atoms with van der Waals surface area (Å²) in [6.45, 7) is 8.53. The largest absolute Gasteiger partial charge is 0.489 e. The molecule has 0 aliphatic rings. The molecule has 0 amide bonds. The van der Waals surface area contributed by atoms with Crippen LogP contribution >= 0.6 is 46.4 Å². The zero-order chi connectivity index (χ0) is 27.1. The Morgan fingerprint density at radius 2 is 1.11 bits per heavy atom. The van der Waals surface area contributed by atoms with Gasteiger partial charge in [0.25, 0.3) is 0 Å². The summed E-state index contributed by atoms with van der Waals surface area (Å²) in [6, 6.07) is 23.3. The molecule has 0 aliphatic heterocycles. The van der Waals surface area contributed by atoms with Crippen LogP contribution in [0.2, 0.25) is 20.1 Å². The van der Waals surface area contributed by atoms with Crippen LogP contribution in [0.4, 0.5) is 0 Å². The first-order valence-electron chi connectivity index (χ1n) is 12.0. The van der Waals surface area contributed by atoms with Crippen LogP contribution in [0.15, 0.2) is 98.1 Å². The van der Waals surface area contributed by atoms with E-state index in [0.717, 1.165) is 51.3 Å². The number of allylic oxidation sites excluding steroid dienone is 2. The fourth-order valence-corrected chi connectivity index (χ4v) is 4.65. The normalized spacial score (nSPS) is 10.7. The lowest BCUT2D eigenvalue weighted by atomic mass is 9.97. The lowest BCUT2D eigenvalue weighted by molar-refractivity contribution is 0.303. The lowest BCUT2D eigenvalue weighted by Gasteiger charge is -2.16. The third kappa shape index (κ3) is 7.15. The molecular weight excluding hydrogens is 558 g/mol. The minimum absolute atomic E-state index is 0.356. The van der Waals surface area contributed by atoms with Crippen molar-refractivity contribution in [2.24, 2.45) is 0 Å². The van der Waals surface area contributed by atoms with Crippen LogP contribution in [-0.2, 0) is 26.1 Å². The molecule has 0 fully saturated rings. The Bertz CT molecular complexity index is 1460. The van der Waals surface area contributed by atoms with Crippen molar-refractivity contribution in [1.29, 1.82) is 0 Å². The first kappa shape index (κ1) is 28.1. The van der Waals surface area contributed by atoms with E-state index >= 15 is 0 Å². The van der Waals surface area contributed by atoms with Gasteiger partial charge in [-0.25, -0.2) is 0 Å². The van der Waals surface area contributed by atoms with Gasteiger partial charge in [0.2, 0.25) is 0 Å². The zero-order valence-electron chi connectivity index (χ0n) is 20.7. The van der Waals surface area contributed by atoms with Crippen molar-refractivity contribution in [3.05, 3.63) is 140 Å². The van der Waals surface area contributed by atoms with E-state index in [2.05, 4.69) is 31.4 Å². The van der Waals surface area contributed by atoms with E-state index in [-0.39, 0.29) is 0 Å². The average Bonchev–Trinajstić information content (AvgIpc) is 2.91. The smallest absolute Gasteiger partial charge is 0.127 e. The number of rotatable bonds is 11. The van der Waals surface area contributed by atoms with Gasteiger partial charge >= 0.3 is 0 Å². The number of ether oxygens (including phenoxy) is 2. The molecule has 0 spiro atoms.